The Morgan fingerprint density at radius 1 is 1.16 bits per heavy atom. The molecule has 8 heteroatoms. The number of rotatable bonds is 11. The van der Waals surface area contributed by atoms with Crippen LogP contribution in [0, 0.1) is 25.7 Å². The van der Waals surface area contributed by atoms with Crippen LogP contribution in [-0.4, -0.2) is 76.1 Å². The monoisotopic (exact) mass is 442 g/mol. The third-order valence-electron chi connectivity index (χ3n) is 7.45. The molecule has 0 amide bonds. The standard InChI is InChI=1S/C23H38O8/c1-14-11-15(2)30-19(14)16(3)22-17(4)20(29-13-28-10-9-25-6)21(5,31-22)18(12-24)23(22,26-7)27-8/h11,16-18,20,24H,9-10,12-13H2,1-8H3/t16-,17+,18-,20+,21-,22-/m0/s1. The van der Waals surface area contributed by atoms with Crippen molar-refractivity contribution in [1.82, 2.24) is 0 Å². The summed E-state index contributed by atoms with van der Waals surface area (Å²) in [5.41, 5.74) is -0.767. The van der Waals surface area contributed by atoms with Gasteiger partial charge in [-0.2, -0.15) is 0 Å². The molecule has 31 heavy (non-hydrogen) atoms. The Labute approximate surface area is 185 Å². The Morgan fingerprint density at radius 3 is 2.35 bits per heavy atom. The maximum Gasteiger partial charge on any atom is 0.206 e. The van der Waals surface area contributed by atoms with Crippen molar-refractivity contribution in [2.45, 2.75) is 63.6 Å². The van der Waals surface area contributed by atoms with Crippen molar-refractivity contribution in [3.8, 4) is 0 Å². The molecule has 2 bridgehead atoms. The van der Waals surface area contributed by atoms with Gasteiger partial charge in [-0.15, -0.1) is 0 Å². The normalized spacial score (nSPS) is 35.1. The summed E-state index contributed by atoms with van der Waals surface area (Å²) >= 11 is 0. The van der Waals surface area contributed by atoms with E-state index in [9.17, 15) is 5.11 Å². The Morgan fingerprint density at radius 2 is 1.84 bits per heavy atom. The van der Waals surface area contributed by atoms with E-state index in [2.05, 4.69) is 13.8 Å². The zero-order chi connectivity index (χ0) is 23.0. The minimum Gasteiger partial charge on any atom is -0.466 e. The van der Waals surface area contributed by atoms with E-state index in [0.29, 0.717) is 13.2 Å². The van der Waals surface area contributed by atoms with Gasteiger partial charge in [-0.1, -0.05) is 13.8 Å². The lowest BCUT2D eigenvalue weighted by Crippen LogP contribution is -2.69. The van der Waals surface area contributed by atoms with Crippen LogP contribution >= 0.6 is 0 Å². The van der Waals surface area contributed by atoms with E-state index in [1.807, 2.05) is 26.8 Å². The molecule has 3 rings (SSSR count). The van der Waals surface area contributed by atoms with E-state index in [1.54, 1.807) is 21.3 Å². The highest BCUT2D eigenvalue weighted by Gasteiger charge is 2.83. The van der Waals surface area contributed by atoms with Crippen LogP contribution in [0.25, 0.3) is 0 Å². The van der Waals surface area contributed by atoms with E-state index in [1.165, 1.54) is 0 Å². The number of aryl methyl sites for hydroxylation is 2. The van der Waals surface area contributed by atoms with Gasteiger partial charge in [-0.3, -0.25) is 0 Å². The maximum absolute atomic E-state index is 10.5. The van der Waals surface area contributed by atoms with Crippen LogP contribution in [0.5, 0.6) is 0 Å². The number of fused-ring (bicyclic) bond motifs is 2. The summed E-state index contributed by atoms with van der Waals surface area (Å²) in [5, 5.41) is 10.5. The molecular weight excluding hydrogens is 404 g/mol. The molecule has 2 aliphatic rings. The van der Waals surface area contributed by atoms with E-state index in [4.69, 9.17) is 32.8 Å². The van der Waals surface area contributed by atoms with Gasteiger partial charge in [-0.05, 0) is 32.4 Å². The van der Waals surface area contributed by atoms with Crippen molar-refractivity contribution < 1.29 is 37.9 Å². The van der Waals surface area contributed by atoms with Gasteiger partial charge in [0.25, 0.3) is 0 Å². The molecule has 1 N–H and O–H groups in total. The van der Waals surface area contributed by atoms with E-state index >= 15 is 0 Å². The average molecular weight is 443 g/mol. The first-order chi connectivity index (χ1) is 14.7. The number of hydrogen-bond acceptors (Lipinski definition) is 8. The number of hydrogen-bond donors (Lipinski definition) is 1. The smallest absolute Gasteiger partial charge is 0.206 e. The van der Waals surface area contributed by atoms with E-state index in [0.717, 1.165) is 17.1 Å². The summed E-state index contributed by atoms with van der Waals surface area (Å²) in [6, 6.07) is 2.01. The molecule has 178 valence electrons. The molecular formula is C23H38O8. The molecule has 8 nitrogen and oxygen atoms in total. The van der Waals surface area contributed by atoms with Gasteiger partial charge >= 0.3 is 0 Å². The molecule has 0 aromatic carbocycles. The van der Waals surface area contributed by atoms with Gasteiger partial charge < -0.3 is 37.9 Å². The quantitative estimate of drug-likeness (QED) is 0.413. The summed E-state index contributed by atoms with van der Waals surface area (Å²) in [6.07, 6.45) is -0.343. The summed E-state index contributed by atoms with van der Waals surface area (Å²) in [4.78, 5) is 0. The molecule has 0 aliphatic carbocycles. The minimum atomic E-state index is -1.18. The summed E-state index contributed by atoms with van der Waals surface area (Å²) in [7, 11) is 4.83. The third kappa shape index (κ3) is 3.39. The number of aliphatic hydroxyl groups is 1. The third-order valence-corrected chi connectivity index (χ3v) is 7.45. The van der Waals surface area contributed by atoms with Gasteiger partial charge in [0.2, 0.25) is 5.79 Å². The number of furan rings is 1. The van der Waals surface area contributed by atoms with Gasteiger partial charge in [0.1, 0.15) is 29.5 Å². The maximum atomic E-state index is 10.5. The summed E-state index contributed by atoms with van der Waals surface area (Å²) < 4.78 is 41.9. The first-order valence-corrected chi connectivity index (χ1v) is 10.9. The van der Waals surface area contributed by atoms with Crippen LogP contribution in [0.3, 0.4) is 0 Å². The molecule has 0 unspecified atom stereocenters. The van der Waals surface area contributed by atoms with Crippen LogP contribution < -0.4 is 0 Å². The summed E-state index contributed by atoms with van der Waals surface area (Å²) in [6.45, 7) is 10.9. The Kier molecular flexibility index (Phi) is 7.23. The minimum absolute atomic E-state index is 0.103. The van der Waals surface area contributed by atoms with Gasteiger partial charge in [0.05, 0.1) is 31.8 Å². The van der Waals surface area contributed by atoms with Gasteiger partial charge in [-0.25, -0.2) is 0 Å². The highest BCUT2D eigenvalue weighted by Crippen LogP contribution is 2.68. The second-order valence-electron chi connectivity index (χ2n) is 8.91. The molecule has 2 saturated heterocycles. The van der Waals surface area contributed by atoms with Crippen LogP contribution in [0.4, 0.5) is 0 Å². The fourth-order valence-electron chi connectivity index (χ4n) is 6.23. The van der Waals surface area contributed by atoms with Gasteiger partial charge in [0.15, 0.2) is 0 Å². The first kappa shape index (κ1) is 24.6. The first-order valence-electron chi connectivity index (χ1n) is 10.9. The molecule has 1 aromatic heterocycles. The van der Waals surface area contributed by atoms with E-state index in [-0.39, 0.29) is 31.3 Å². The Hall–Kier alpha value is -1.00. The van der Waals surface area contributed by atoms with Crippen molar-refractivity contribution in [3.05, 3.63) is 23.2 Å². The largest absolute Gasteiger partial charge is 0.466 e. The SMILES string of the molecule is COCCOCO[C@@H]1[C@@H](C)[C@]2([C@@H](C)c3oc(C)cc3C)O[C@@]1(C)[C@H](CO)C2(OC)OC. The van der Waals surface area contributed by atoms with Crippen molar-refractivity contribution >= 4 is 0 Å². The van der Waals surface area contributed by atoms with Crippen LogP contribution in [0.15, 0.2) is 10.5 Å². The average Bonchev–Trinajstić information content (AvgIpc) is 3.29. The predicted molar refractivity (Wildman–Crippen MR) is 113 cm³/mol. The molecule has 0 spiro atoms. The lowest BCUT2D eigenvalue weighted by atomic mass is 9.59. The second kappa shape index (κ2) is 9.09. The van der Waals surface area contributed by atoms with Crippen molar-refractivity contribution in [3.63, 3.8) is 0 Å². The van der Waals surface area contributed by atoms with Crippen LogP contribution in [0.1, 0.15) is 43.8 Å². The molecule has 6 atom stereocenters. The van der Waals surface area contributed by atoms with Crippen molar-refractivity contribution in [2.75, 3.05) is 47.9 Å². The predicted octanol–water partition coefficient (Wildman–Crippen LogP) is 2.78. The fraction of sp³-hybridized carbons (Fsp3) is 0.826. The number of methoxy groups -OCH3 is 3. The topological polar surface area (TPSA) is 88.8 Å². The molecule has 2 fully saturated rings. The molecule has 2 aliphatic heterocycles. The molecule has 1 aromatic rings. The second-order valence-corrected chi connectivity index (χ2v) is 8.91. The lowest BCUT2D eigenvalue weighted by Gasteiger charge is -2.53. The van der Waals surface area contributed by atoms with Crippen LogP contribution in [0.2, 0.25) is 0 Å². The highest BCUT2D eigenvalue weighted by molar-refractivity contribution is 5.34. The molecule has 0 saturated carbocycles. The number of ether oxygens (including phenoxy) is 6. The molecule has 0 radical (unpaired) electrons. The highest BCUT2D eigenvalue weighted by atomic mass is 16.7. The zero-order valence-corrected chi connectivity index (χ0v) is 20.0. The van der Waals surface area contributed by atoms with Crippen LogP contribution in [-0.2, 0) is 28.4 Å². The lowest BCUT2D eigenvalue weighted by molar-refractivity contribution is -0.316. The Balaban J connectivity index is 2.04. The Bertz CT molecular complexity index is 744. The van der Waals surface area contributed by atoms with Crippen molar-refractivity contribution in [1.29, 1.82) is 0 Å². The van der Waals surface area contributed by atoms with Gasteiger partial charge in [0, 0.05) is 33.2 Å². The fourth-order valence-corrected chi connectivity index (χ4v) is 6.23. The van der Waals surface area contributed by atoms with E-state index < -0.39 is 22.9 Å². The molecule has 3 heterocycles. The van der Waals surface area contributed by atoms with Crippen molar-refractivity contribution in [2.24, 2.45) is 11.8 Å². The summed E-state index contributed by atoms with van der Waals surface area (Å²) in [5.74, 6) is -0.379. The number of aliphatic hydroxyl groups excluding tert-OH is 1. The zero-order valence-electron chi connectivity index (χ0n) is 20.0.